The lowest BCUT2D eigenvalue weighted by atomic mass is 9.94. The lowest BCUT2D eigenvalue weighted by Crippen LogP contribution is -2.09. The Morgan fingerprint density at radius 3 is 2.11 bits per heavy atom. The maximum absolute atomic E-state index is 3.64. The molecule has 1 atom stereocenters. The summed E-state index contributed by atoms with van der Waals surface area (Å²) in [5, 5.41) is 1.02. The molecule has 0 saturated carbocycles. The Labute approximate surface area is 140 Å². The van der Waals surface area contributed by atoms with Gasteiger partial charge in [0.05, 0.1) is 0 Å². The van der Waals surface area contributed by atoms with Crippen LogP contribution in [0.25, 0.3) is 0 Å². The molecule has 3 heteroatoms. The van der Waals surface area contributed by atoms with Crippen molar-refractivity contribution >= 4 is 47.8 Å². The van der Waals surface area contributed by atoms with E-state index in [4.69, 9.17) is 0 Å². The van der Waals surface area contributed by atoms with Crippen LogP contribution in [-0.4, -0.2) is 5.33 Å². The zero-order valence-electron chi connectivity index (χ0n) is 10.5. The van der Waals surface area contributed by atoms with E-state index in [-0.39, 0.29) is 0 Å². The molecule has 19 heavy (non-hydrogen) atoms. The maximum atomic E-state index is 3.64. The Morgan fingerprint density at radius 1 is 0.789 bits per heavy atom. The first-order chi connectivity index (χ1) is 9.17. The quantitative estimate of drug-likeness (QED) is 0.493. The molecule has 0 aliphatic carbocycles. The summed E-state index contributed by atoms with van der Waals surface area (Å²) in [7, 11) is 0. The minimum Gasteiger partial charge on any atom is -0.0925 e. The topological polar surface area (TPSA) is 0 Å². The normalized spacial score (nSPS) is 12.4. The van der Waals surface area contributed by atoms with Crippen molar-refractivity contribution in [1.29, 1.82) is 0 Å². The van der Waals surface area contributed by atoms with Gasteiger partial charge in [0.2, 0.25) is 0 Å². The fourth-order valence-electron chi connectivity index (χ4n) is 2.13. The van der Waals surface area contributed by atoms with E-state index < -0.39 is 0 Å². The van der Waals surface area contributed by atoms with Gasteiger partial charge in [-0.3, -0.25) is 0 Å². The zero-order valence-corrected chi connectivity index (χ0v) is 15.2. The smallest absolute Gasteiger partial charge is 0.0177 e. The van der Waals surface area contributed by atoms with Crippen molar-refractivity contribution in [1.82, 2.24) is 0 Å². The summed E-state index contributed by atoms with van der Waals surface area (Å²) in [5.41, 5.74) is 2.78. The molecule has 0 heterocycles. The van der Waals surface area contributed by atoms with Gasteiger partial charge in [0, 0.05) is 14.3 Å². The van der Waals surface area contributed by atoms with Crippen molar-refractivity contribution in [3.63, 3.8) is 0 Å². The van der Waals surface area contributed by atoms with Crippen molar-refractivity contribution < 1.29 is 0 Å². The van der Waals surface area contributed by atoms with Crippen LogP contribution in [0.15, 0.2) is 57.5 Å². The Morgan fingerprint density at radius 2 is 1.47 bits per heavy atom. The van der Waals surface area contributed by atoms with E-state index >= 15 is 0 Å². The molecule has 2 aromatic rings. The lowest BCUT2D eigenvalue weighted by Gasteiger charge is -2.14. The third-order valence-electron chi connectivity index (χ3n) is 3.07. The van der Waals surface area contributed by atoms with E-state index in [1.807, 2.05) is 0 Å². The van der Waals surface area contributed by atoms with Crippen LogP contribution in [0.1, 0.15) is 11.1 Å². The third-order valence-corrected chi connectivity index (χ3v) is 5.01. The van der Waals surface area contributed by atoms with Crippen LogP contribution in [0.3, 0.4) is 0 Å². The average molecular weight is 447 g/mol. The van der Waals surface area contributed by atoms with Gasteiger partial charge in [-0.2, -0.15) is 0 Å². The summed E-state index contributed by atoms with van der Waals surface area (Å²) in [4.78, 5) is 0. The van der Waals surface area contributed by atoms with E-state index in [1.54, 1.807) is 0 Å². The SMILES string of the molecule is BrCC(Cc1ccc(Br)cc1)Cc1cccc(Br)c1. The molecule has 0 saturated heterocycles. The van der Waals surface area contributed by atoms with E-state index in [1.165, 1.54) is 11.1 Å². The largest absolute Gasteiger partial charge is 0.0925 e. The summed E-state index contributed by atoms with van der Waals surface area (Å²) in [6.45, 7) is 0. The molecule has 1 unspecified atom stereocenters. The Kier molecular flexibility index (Phi) is 6.11. The molecule has 2 aromatic carbocycles. The van der Waals surface area contributed by atoms with Crippen molar-refractivity contribution in [3.8, 4) is 0 Å². The monoisotopic (exact) mass is 444 g/mol. The summed E-state index contributed by atoms with van der Waals surface area (Å²) < 4.78 is 2.29. The minimum atomic E-state index is 0.621. The van der Waals surface area contributed by atoms with Crippen LogP contribution >= 0.6 is 47.8 Å². The van der Waals surface area contributed by atoms with Crippen LogP contribution in [0.4, 0.5) is 0 Å². The summed E-state index contributed by atoms with van der Waals surface area (Å²) in [6, 6.07) is 17.2. The second-order valence-corrected chi connectivity index (χ2v) is 7.16. The highest BCUT2D eigenvalue weighted by atomic mass is 79.9. The van der Waals surface area contributed by atoms with Crippen molar-refractivity contribution in [3.05, 3.63) is 68.6 Å². The van der Waals surface area contributed by atoms with Gasteiger partial charge in [0.1, 0.15) is 0 Å². The standard InChI is InChI=1S/C16H15Br3/c17-11-14(8-12-4-6-15(18)7-5-12)9-13-2-1-3-16(19)10-13/h1-7,10,14H,8-9,11H2. The summed E-state index contributed by atoms with van der Waals surface area (Å²) >= 11 is 10.7. The molecule has 0 N–H and O–H groups in total. The first-order valence-electron chi connectivity index (χ1n) is 6.22. The molecule has 0 aliphatic heterocycles. The van der Waals surface area contributed by atoms with E-state index in [0.29, 0.717) is 5.92 Å². The number of alkyl halides is 1. The van der Waals surface area contributed by atoms with Gasteiger partial charge in [-0.15, -0.1) is 0 Å². The molecule has 0 bridgehead atoms. The predicted molar refractivity (Wildman–Crippen MR) is 93.0 cm³/mol. The van der Waals surface area contributed by atoms with Gasteiger partial charge in [-0.05, 0) is 54.2 Å². The number of rotatable bonds is 5. The second kappa shape index (κ2) is 7.61. The molecule has 0 aromatic heterocycles. The molecule has 100 valence electrons. The van der Waals surface area contributed by atoms with Crippen LogP contribution < -0.4 is 0 Å². The Bertz CT molecular complexity index is 520. The molecule has 0 fully saturated rings. The second-order valence-electron chi connectivity index (χ2n) is 4.68. The summed E-state index contributed by atoms with van der Waals surface area (Å²) in [6.07, 6.45) is 2.20. The molecule has 0 spiro atoms. The van der Waals surface area contributed by atoms with Crippen molar-refractivity contribution in [2.24, 2.45) is 5.92 Å². The fraction of sp³-hybridized carbons (Fsp3) is 0.250. The van der Waals surface area contributed by atoms with Gasteiger partial charge < -0.3 is 0 Å². The number of hydrogen-bond acceptors (Lipinski definition) is 0. The lowest BCUT2D eigenvalue weighted by molar-refractivity contribution is 0.591. The first kappa shape index (κ1) is 15.3. The van der Waals surface area contributed by atoms with Crippen molar-refractivity contribution in [2.45, 2.75) is 12.8 Å². The van der Waals surface area contributed by atoms with E-state index in [2.05, 4.69) is 96.3 Å². The van der Waals surface area contributed by atoms with Gasteiger partial charge in [-0.25, -0.2) is 0 Å². The maximum Gasteiger partial charge on any atom is 0.0177 e. The average Bonchev–Trinajstić information content (AvgIpc) is 2.40. The molecular formula is C16H15Br3. The highest BCUT2D eigenvalue weighted by molar-refractivity contribution is 9.10. The Balaban J connectivity index is 2.02. The van der Waals surface area contributed by atoms with Crippen LogP contribution in [0.2, 0.25) is 0 Å². The molecule has 0 nitrogen and oxygen atoms in total. The summed E-state index contributed by atoms with van der Waals surface area (Å²) in [5.74, 6) is 0.621. The highest BCUT2D eigenvalue weighted by Gasteiger charge is 2.10. The van der Waals surface area contributed by atoms with Crippen LogP contribution in [0, 0.1) is 5.92 Å². The Hall–Kier alpha value is -0.120. The molecule has 0 amide bonds. The predicted octanol–water partition coefficient (Wildman–Crippen LogP) is 6.01. The third kappa shape index (κ3) is 5.05. The molecule has 2 rings (SSSR count). The van der Waals surface area contributed by atoms with Crippen LogP contribution in [0.5, 0.6) is 0 Å². The molecule has 0 aliphatic rings. The van der Waals surface area contributed by atoms with Gasteiger partial charge in [0.15, 0.2) is 0 Å². The molecule has 0 radical (unpaired) electrons. The van der Waals surface area contributed by atoms with E-state index in [9.17, 15) is 0 Å². The zero-order chi connectivity index (χ0) is 13.7. The van der Waals surface area contributed by atoms with E-state index in [0.717, 1.165) is 27.1 Å². The van der Waals surface area contributed by atoms with Gasteiger partial charge >= 0.3 is 0 Å². The fourth-order valence-corrected chi connectivity index (χ4v) is 3.30. The number of benzene rings is 2. The van der Waals surface area contributed by atoms with Gasteiger partial charge in [-0.1, -0.05) is 72.1 Å². The van der Waals surface area contributed by atoms with Gasteiger partial charge in [0.25, 0.3) is 0 Å². The number of halogens is 3. The van der Waals surface area contributed by atoms with Crippen LogP contribution in [-0.2, 0) is 12.8 Å². The molecular weight excluding hydrogens is 432 g/mol. The highest BCUT2D eigenvalue weighted by Crippen LogP contribution is 2.20. The van der Waals surface area contributed by atoms with Crippen molar-refractivity contribution in [2.75, 3.05) is 5.33 Å². The minimum absolute atomic E-state index is 0.621. The number of hydrogen-bond donors (Lipinski definition) is 0. The first-order valence-corrected chi connectivity index (χ1v) is 8.93.